The molecule has 0 bridgehead atoms. The molecule has 0 radical (unpaired) electrons. The van der Waals surface area contributed by atoms with E-state index in [9.17, 15) is 4.79 Å². The molecule has 0 saturated carbocycles. The van der Waals surface area contributed by atoms with Crippen LogP contribution in [0.25, 0.3) is 0 Å². The average Bonchev–Trinajstić information content (AvgIpc) is 3.33. The Kier molecular flexibility index (Phi) is 4.34. The Morgan fingerprint density at radius 1 is 1.50 bits per heavy atom. The highest BCUT2D eigenvalue weighted by Crippen LogP contribution is 2.23. The molecule has 2 aliphatic rings. The first-order chi connectivity index (χ1) is 11.7. The van der Waals surface area contributed by atoms with Gasteiger partial charge in [0.05, 0.1) is 17.3 Å². The number of fused-ring (bicyclic) bond motifs is 1. The number of rotatable bonds is 4. The number of hydrogen-bond acceptors (Lipinski definition) is 7. The van der Waals surface area contributed by atoms with Crippen molar-refractivity contribution in [3.63, 3.8) is 0 Å². The van der Waals surface area contributed by atoms with Gasteiger partial charge in [0.15, 0.2) is 0 Å². The van der Waals surface area contributed by atoms with Gasteiger partial charge in [-0.3, -0.25) is 14.7 Å². The Hall–Kier alpha value is -1.77. The summed E-state index contributed by atoms with van der Waals surface area (Å²) < 4.78 is 11.1. The fourth-order valence-electron chi connectivity index (χ4n) is 3.26. The van der Waals surface area contributed by atoms with Crippen LogP contribution in [0.5, 0.6) is 0 Å². The summed E-state index contributed by atoms with van der Waals surface area (Å²) in [5, 5.41) is 0. The number of carbonyl (C=O) groups is 1. The second-order valence-electron chi connectivity index (χ2n) is 6.21. The van der Waals surface area contributed by atoms with Gasteiger partial charge >= 0.3 is 5.91 Å². The van der Waals surface area contributed by atoms with Crippen molar-refractivity contribution in [2.75, 3.05) is 26.7 Å². The van der Waals surface area contributed by atoms with Gasteiger partial charge in [0.25, 0.3) is 5.89 Å². The van der Waals surface area contributed by atoms with Gasteiger partial charge in [-0.1, -0.05) is 0 Å². The van der Waals surface area contributed by atoms with Crippen LogP contribution in [0.3, 0.4) is 0 Å². The number of carbonyl (C=O) groups excluding carboxylic acids is 1. The van der Waals surface area contributed by atoms with Crippen LogP contribution >= 0.6 is 11.3 Å². The number of hydrogen-bond donors (Lipinski definition) is 0. The second-order valence-corrected chi connectivity index (χ2v) is 7.19. The lowest BCUT2D eigenvalue weighted by molar-refractivity contribution is 0.0687. The van der Waals surface area contributed by atoms with Gasteiger partial charge in [-0.05, 0) is 6.42 Å². The number of aromatic nitrogens is 2. The van der Waals surface area contributed by atoms with Crippen LogP contribution in [0.15, 0.2) is 16.1 Å². The summed E-state index contributed by atoms with van der Waals surface area (Å²) in [4.78, 5) is 26.5. The van der Waals surface area contributed by atoms with Crippen molar-refractivity contribution in [1.29, 1.82) is 0 Å². The van der Waals surface area contributed by atoms with E-state index in [0.717, 1.165) is 37.4 Å². The lowest BCUT2D eigenvalue weighted by Crippen LogP contribution is -2.30. The summed E-state index contributed by atoms with van der Waals surface area (Å²) in [5.74, 6) is 0.941. The summed E-state index contributed by atoms with van der Waals surface area (Å²) in [6, 6.07) is 0. The monoisotopic (exact) mass is 348 g/mol. The number of oxazole rings is 1. The van der Waals surface area contributed by atoms with E-state index >= 15 is 0 Å². The third-order valence-electron chi connectivity index (χ3n) is 4.62. The largest absolute Gasteiger partial charge is 0.437 e. The van der Waals surface area contributed by atoms with Crippen molar-refractivity contribution in [2.24, 2.45) is 0 Å². The highest BCUT2D eigenvalue weighted by Gasteiger charge is 2.31. The summed E-state index contributed by atoms with van der Waals surface area (Å²) >= 11 is 1.66. The van der Waals surface area contributed by atoms with Crippen molar-refractivity contribution in [3.8, 4) is 0 Å². The van der Waals surface area contributed by atoms with E-state index in [1.54, 1.807) is 23.3 Å². The van der Waals surface area contributed by atoms with Gasteiger partial charge in [-0.25, -0.2) is 4.98 Å². The highest BCUT2D eigenvalue weighted by molar-refractivity contribution is 7.09. The van der Waals surface area contributed by atoms with Crippen molar-refractivity contribution < 1.29 is 13.9 Å². The molecule has 1 fully saturated rings. The fourth-order valence-corrected chi connectivity index (χ4v) is 3.90. The Bertz CT molecular complexity index is 715. The molecule has 24 heavy (non-hydrogen) atoms. The Morgan fingerprint density at radius 3 is 3.17 bits per heavy atom. The maximum absolute atomic E-state index is 12.6. The molecule has 0 aromatic carbocycles. The maximum Gasteiger partial charge on any atom is 0.309 e. The summed E-state index contributed by atoms with van der Waals surface area (Å²) in [7, 11) is 1.68. The summed E-state index contributed by atoms with van der Waals surface area (Å²) in [6.07, 6.45) is 3.67. The number of ether oxygens (including phenoxy) is 1. The van der Waals surface area contributed by atoms with Crippen LogP contribution in [0.1, 0.15) is 33.4 Å². The molecule has 1 atom stereocenters. The van der Waals surface area contributed by atoms with Gasteiger partial charge < -0.3 is 14.1 Å². The number of thiazole rings is 1. The molecule has 8 heteroatoms. The average molecular weight is 348 g/mol. The molecule has 0 aliphatic carbocycles. The third-order valence-corrected chi connectivity index (χ3v) is 5.38. The molecule has 128 valence electrons. The molecule has 1 saturated heterocycles. The van der Waals surface area contributed by atoms with E-state index in [2.05, 4.69) is 14.9 Å². The standard InChI is InChI=1S/C16H20N4O3S/c1-22-11-2-5-20(7-11)16(21)15-18-13-9-19(4-3-14(13)23-15)8-12-6-17-10-24-12/h6,10-11H,2-5,7-9H2,1H3/t11-/m0/s1. The van der Waals surface area contributed by atoms with Gasteiger partial charge in [0.2, 0.25) is 0 Å². The normalized spacial score (nSPS) is 21.2. The number of amides is 1. The third kappa shape index (κ3) is 3.09. The van der Waals surface area contributed by atoms with E-state index in [1.807, 2.05) is 11.7 Å². The molecular formula is C16H20N4O3S. The van der Waals surface area contributed by atoms with E-state index in [-0.39, 0.29) is 17.9 Å². The second kappa shape index (κ2) is 6.62. The van der Waals surface area contributed by atoms with Crippen LogP contribution < -0.4 is 0 Å². The fraction of sp³-hybridized carbons (Fsp3) is 0.562. The van der Waals surface area contributed by atoms with E-state index < -0.39 is 0 Å². The molecule has 4 heterocycles. The molecule has 2 aliphatic heterocycles. The lowest BCUT2D eigenvalue weighted by atomic mass is 10.1. The number of methoxy groups -OCH3 is 1. The van der Waals surface area contributed by atoms with Crippen molar-refractivity contribution in [1.82, 2.24) is 19.8 Å². The minimum Gasteiger partial charge on any atom is -0.437 e. The van der Waals surface area contributed by atoms with Crippen LogP contribution in [0, 0.1) is 0 Å². The zero-order valence-corrected chi connectivity index (χ0v) is 14.4. The SMILES string of the molecule is CO[C@H]1CCN(C(=O)c2nc3c(o2)CCN(Cc2cncs2)C3)C1. The smallest absolute Gasteiger partial charge is 0.309 e. The van der Waals surface area contributed by atoms with Crippen LogP contribution in [-0.2, 0) is 24.2 Å². The first kappa shape index (κ1) is 15.7. The first-order valence-corrected chi connectivity index (χ1v) is 9.01. The van der Waals surface area contributed by atoms with E-state index in [4.69, 9.17) is 9.15 Å². The molecule has 2 aromatic rings. The lowest BCUT2D eigenvalue weighted by Gasteiger charge is -2.24. The summed E-state index contributed by atoms with van der Waals surface area (Å²) in [6.45, 7) is 3.79. The highest BCUT2D eigenvalue weighted by atomic mass is 32.1. The zero-order chi connectivity index (χ0) is 16.5. The van der Waals surface area contributed by atoms with Crippen LogP contribution in [-0.4, -0.2) is 58.5 Å². The van der Waals surface area contributed by atoms with E-state index in [0.29, 0.717) is 19.6 Å². The predicted octanol–water partition coefficient (Wildman–Crippen LogP) is 1.55. The van der Waals surface area contributed by atoms with Crippen LogP contribution in [0.2, 0.25) is 0 Å². The van der Waals surface area contributed by atoms with Crippen molar-refractivity contribution in [3.05, 3.63) is 33.9 Å². The first-order valence-electron chi connectivity index (χ1n) is 8.13. The van der Waals surface area contributed by atoms with Gasteiger partial charge in [-0.2, -0.15) is 0 Å². The van der Waals surface area contributed by atoms with Gasteiger partial charge in [0.1, 0.15) is 5.76 Å². The molecule has 2 aromatic heterocycles. The molecule has 1 amide bonds. The van der Waals surface area contributed by atoms with E-state index in [1.165, 1.54) is 4.88 Å². The number of nitrogens with zero attached hydrogens (tertiary/aromatic N) is 4. The van der Waals surface area contributed by atoms with Crippen molar-refractivity contribution >= 4 is 17.2 Å². The number of likely N-dealkylation sites (tertiary alicyclic amines) is 1. The Balaban J connectivity index is 1.43. The van der Waals surface area contributed by atoms with Gasteiger partial charge in [0, 0.05) is 57.3 Å². The van der Waals surface area contributed by atoms with Crippen molar-refractivity contribution in [2.45, 2.75) is 32.0 Å². The maximum atomic E-state index is 12.6. The quantitative estimate of drug-likeness (QED) is 0.835. The predicted molar refractivity (Wildman–Crippen MR) is 87.8 cm³/mol. The Morgan fingerprint density at radius 2 is 2.42 bits per heavy atom. The summed E-state index contributed by atoms with van der Waals surface area (Å²) in [5.41, 5.74) is 2.73. The minimum absolute atomic E-state index is 0.119. The molecule has 0 N–H and O–H groups in total. The molecule has 0 unspecified atom stereocenters. The van der Waals surface area contributed by atoms with Crippen LogP contribution in [0.4, 0.5) is 0 Å². The topological polar surface area (TPSA) is 71.7 Å². The minimum atomic E-state index is -0.127. The molecular weight excluding hydrogens is 328 g/mol. The van der Waals surface area contributed by atoms with Gasteiger partial charge in [-0.15, -0.1) is 11.3 Å². The zero-order valence-electron chi connectivity index (χ0n) is 13.6. The molecule has 7 nitrogen and oxygen atoms in total. The molecule has 0 spiro atoms. The Labute approximate surface area is 144 Å². The molecule has 4 rings (SSSR count).